The van der Waals surface area contributed by atoms with E-state index in [1.165, 1.54) is 4.90 Å². The Bertz CT molecular complexity index is 427. The van der Waals surface area contributed by atoms with Crippen LogP contribution < -0.4 is 5.32 Å². The van der Waals surface area contributed by atoms with Gasteiger partial charge in [0.25, 0.3) is 0 Å². The molecule has 1 aliphatic heterocycles. The Morgan fingerprint density at radius 3 is 2.35 bits per heavy atom. The van der Waals surface area contributed by atoms with Crippen molar-refractivity contribution >= 4 is 17.8 Å². The third-order valence-corrected chi connectivity index (χ3v) is 4.84. The highest BCUT2D eigenvalue weighted by Crippen LogP contribution is 2.42. The zero-order chi connectivity index (χ0) is 14.9. The minimum absolute atomic E-state index is 0.164. The molecule has 4 amide bonds. The van der Waals surface area contributed by atoms with Crippen LogP contribution in [0, 0.1) is 11.3 Å². The highest BCUT2D eigenvalue weighted by Gasteiger charge is 2.55. The summed E-state index contributed by atoms with van der Waals surface area (Å²) in [5.74, 6) is -0.223. The molecule has 0 aromatic heterocycles. The van der Waals surface area contributed by atoms with Crippen LogP contribution in [0.15, 0.2) is 0 Å². The number of hydrogen-bond acceptors (Lipinski definition) is 3. The summed E-state index contributed by atoms with van der Waals surface area (Å²) >= 11 is 0. The molecular weight excluding hydrogens is 256 g/mol. The molecule has 1 heterocycles. The second kappa shape index (κ2) is 5.54. The molecule has 20 heavy (non-hydrogen) atoms. The predicted molar refractivity (Wildman–Crippen MR) is 74.8 cm³/mol. The highest BCUT2D eigenvalue weighted by atomic mass is 16.2. The Kier molecular flexibility index (Phi) is 4.16. The van der Waals surface area contributed by atoms with Gasteiger partial charge in [0.1, 0.15) is 5.41 Å². The van der Waals surface area contributed by atoms with E-state index in [9.17, 15) is 14.4 Å². The van der Waals surface area contributed by atoms with Crippen LogP contribution in [0.1, 0.15) is 59.3 Å². The lowest BCUT2D eigenvalue weighted by Gasteiger charge is -2.40. The van der Waals surface area contributed by atoms with E-state index < -0.39 is 17.4 Å². The zero-order valence-electron chi connectivity index (χ0n) is 12.6. The van der Waals surface area contributed by atoms with Gasteiger partial charge in [0, 0.05) is 6.04 Å². The molecule has 5 nitrogen and oxygen atoms in total. The van der Waals surface area contributed by atoms with Gasteiger partial charge in [-0.3, -0.25) is 19.8 Å². The first-order chi connectivity index (χ1) is 9.42. The van der Waals surface area contributed by atoms with Crippen LogP contribution in [-0.2, 0) is 9.59 Å². The quantitative estimate of drug-likeness (QED) is 0.804. The van der Waals surface area contributed by atoms with Gasteiger partial charge >= 0.3 is 6.03 Å². The fourth-order valence-corrected chi connectivity index (χ4v) is 3.37. The van der Waals surface area contributed by atoms with Crippen LogP contribution in [0.5, 0.6) is 0 Å². The number of amides is 4. The van der Waals surface area contributed by atoms with E-state index in [1.54, 1.807) is 0 Å². The van der Waals surface area contributed by atoms with Crippen molar-refractivity contribution in [2.75, 3.05) is 0 Å². The standard InChI is InChI=1S/C15H24N2O3/c1-4-10(2)9-11(3)17-13(19)15(7-5-6-8-15)12(18)16-14(17)20/h10-11H,4-9H2,1-3H3,(H,16,18,20). The maximum Gasteiger partial charge on any atom is 0.331 e. The van der Waals surface area contributed by atoms with E-state index in [1.807, 2.05) is 6.92 Å². The number of carbonyl (C=O) groups is 3. The molecule has 0 radical (unpaired) electrons. The first kappa shape index (κ1) is 15.0. The summed E-state index contributed by atoms with van der Waals surface area (Å²) in [5, 5.41) is 2.39. The Hall–Kier alpha value is -1.39. The molecule has 1 N–H and O–H groups in total. The Balaban J connectivity index is 2.21. The molecule has 2 atom stereocenters. The lowest BCUT2D eigenvalue weighted by atomic mass is 9.81. The van der Waals surface area contributed by atoms with Crippen LogP contribution in [-0.4, -0.2) is 28.8 Å². The van der Waals surface area contributed by atoms with Crippen molar-refractivity contribution in [1.82, 2.24) is 10.2 Å². The predicted octanol–water partition coefficient (Wildman–Crippen LogP) is 2.45. The van der Waals surface area contributed by atoms with Crippen LogP contribution >= 0.6 is 0 Å². The minimum Gasteiger partial charge on any atom is -0.277 e. The van der Waals surface area contributed by atoms with Gasteiger partial charge in [-0.1, -0.05) is 33.1 Å². The lowest BCUT2D eigenvalue weighted by Crippen LogP contribution is -2.65. The number of carbonyl (C=O) groups excluding carboxylic acids is 3. The largest absolute Gasteiger partial charge is 0.331 e. The molecule has 5 heteroatoms. The summed E-state index contributed by atoms with van der Waals surface area (Å²) in [6, 6.07) is -0.712. The fraction of sp³-hybridized carbons (Fsp3) is 0.800. The fourth-order valence-electron chi connectivity index (χ4n) is 3.37. The van der Waals surface area contributed by atoms with Crippen LogP contribution in [0.4, 0.5) is 4.79 Å². The summed E-state index contributed by atoms with van der Waals surface area (Å²) in [4.78, 5) is 38.2. The van der Waals surface area contributed by atoms with Gasteiger partial charge < -0.3 is 0 Å². The third kappa shape index (κ3) is 2.34. The summed E-state index contributed by atoms with van der Waals surface area (Å²) < 4.78 is 0. The molecule has 2 fully saturated rings. The number of hydrogen-bond donors (Lipinski definition) is 1. The van der Waals surface area contributed by atoms with E-state index in [0.717, 1.165) is 25.7 Å². The molecule has 0 aromatic rings. The monoisotopic (exact) mass is 280 g/mol. The zero-order valence-corrected chi connectivity index (χ0v) is 12.6. The normalized spacial score (nSPS) is 24.9. The van der Waals surface area contributed by atoms with E-state index in [4.69, 9.17) is 0 Å². The van der Waals surface area contributed by atoms with Crippen LogP contribution in [0.25, 0.3) is 0 Å². The molecule has 2 rings (SSSR count). The van der Waals surface area contributed by atoms with Gasteiger partial charge in [-0.2, -0.15) is 0 Å². The average Bonchev–Trinajstić information content (AvgIpc) is 2.87. The molecule has 2 aliphatic rings. The van der Waals surface area contributed by atoms with Gasteiger partial charge in [-0.15, -0.1) is 0 Å². The van der Waals surface area contributed by atoms with E-state index in [2.05, 4.69) is 19.2 Å². The Morgan fingerprint density at radius 2 is 1.80 bits per heavy atom. The molecular formula is C15H24N2O3. The Morgan fingerprint density at radius 1 is 1.20 bits per heavy atom. The van der Waals surface area contributed by atoms with Crippen molar-refractivity contribution in [3.8, 4) is 0 Å². The molecule has 112 valence electrons. The van der Waals surface area contributed by atoms with Crippen molar-refractivity contribution in [2.45, 2.75) is 65.3 Å². The van der Waals surface area contributed by atoms with Crippen LogP contribution in [0.3, 0.4) is 0 Å². The lowest BCUT2D eigenvalue weighted by molar-refractivity contribution is -0.152. The SMILES string of the molecule is CCC(C)CC(C)N1C(=O)NC(=O)C2(CCCC2)C1=O. The summed E-state index contributed by atoms with van der Waals surface area (Å²) in [6.45, 7) is 6.10. The number of nitrogens with zero attached hydrogens (tertiary/aromatic N) is 1. The van der Waals surface area contributed by atoms with E-state index in [0.29, 0.717) is 18.8 Å². The second-order valence-corrected chi connectivity index (χ2v) is 6.32. The summed E-state index contributed by atoms with van der Waals surface area (Å²) in [5.41, 5.74) is -0.975. The Labute approximate surface area is 120 Å². The molecule has 1 spiro atoms. The number of imide groups is 2. The molecule has 1 aliphatic carbocycles. The average molecular weight is 280 g/mol. The summed E-state index contributed by atoms with van der Waals surface area (Å²) in [7, 11) is 0. The molecule has 0 bridgehead atoms. The maximum absolute atomic E-state index is 12.7. The van der Waals surface area contributed by atoms with Gasteiger partial charge in [-0.05, 0) is 32.1 Å². The first-order valence-electron chi connectivity index (χ1n) is 7.61. The van der Waals surface area contributed by atoms with Gasteiger partial charge in [-0.25, -0.2) is 4.79 Å². The topological polar surface area (TPSA) is 66.5 Å². The van der Waals surface area contributed by atoms with Crippen molar-refractivity contribution in [1.29, 1.82) is 0 Å². The minimum atomic E-state index is -0.975. The maximum atomic E-state index is 12.7. The van der Waals surface area contributed by atoms with Crippen LogP contribution in [0.2, 0.25) is 0 Å². The van der Waals surface area contributed by atoms with Gasteiger partial charge in [0.2, 0.25) is 11.8 Å². The third-order valence-electron chi connectivity index (χ3n) is 4.84. The van der Waals surface area contributed by atoms with E-state index >= 15 is 0 Å². The van der Waals surface area contributed by atoms with Crippen molar-refractivity contribution in [3.05, 3.63) is 0 Å². The van der Waals surface area contributed by atoms with Crippen molar-refractivity contribution in [2.24, 2.45) is 11.3 Å². The molecule has 1 saturated heterocycles. The first-order valence-corrected chi connectivity index (χ1v) is 7.61. The smallest absolute Gasteiger partial charge is 0.277 e. The van der Waals surface area contributed by atoms with Crippen molar-refractivity contribution < 1.29 is 14.4 Å². The number of nitrogens with one attached hydrogen (secondary N) is 1. The number of rotatable bonds is 4. The van der Waals surface area contributed by atoms with Crippen molar-refractivity contribution in [3.63, 3.8) is 0 Å². The molecule has 1 saturated carbocycles. The van der Waals surface area contributed by atoms with Gasteiger partial charge in [0.05, 0.1) is 0 Å². The number of urea groups is 1. The molecule has 2 unspecified atom stereocenters. The summed E-state index contributed by atoms with van der Waals surface area (Å²) in [6.07, 6.45) is 4.68. The number of barbiturate groups is 1. The van der Waals surface area contributed by atoms with E-state index in [-0.39, 0.29) is 11.9 Å². The highest BCUT2D eigenvalue weighted by molar-refractivity contribution is 6.19. The second-order valence-electron chi connectivity index (χ2n) is 6.32. The van der Waals surface area contributed by atoms with Gasteiger partial charge in [0.15, 0.2) is 0 Å². The molecule has 0 aromatic carbocycles.